The maximum Gasteiger partial charge on any atom is 0.343 e. The van der Waals surface area contributed by atoms with Gasteiger partial charge in [0.25, 0.3) is 0 Å². The van der Waals surface area contributed by atoms with Gasteiger partial charge in [-0.1, -0.05) is 84.9 Å². The van der Waals surface area contributed by atoms with Crippen LogP contribution in [0.25, 0.3) is 33.0 Å². The largest absolute Gasteiger partial charge is 0.497 e. The van der Waals surface area contributed by atoms with Gasteiger partial charge in [0.2, 0.25) is 0 Å². The van der Waals surface area contributed by atoms with Crippen LogP contribution in [0.3, 0.4) is 0 Å². The first kappa shape index (κ1) is 28.2. The van der Waals surface area contributed by atoms with Gasteiger partial charge in [0, 0.05) is 11.1 Å². The van der Waals surface area contributed by atoms with E-state index in [2.05, 4.69) is 0 Å². The van der Waals surface area contributed by atoms with E-state index >= 15 is 0 Å². The van der Waals surface area contributed by atoms with Crippen LogP contribution in [0.5, 0.6) is 23.0 Å². The summed E-state index contributed by atoms with van der Waals surface area (Å²) in [6, 6.07) is 40.3. The maximum absolute atomic E-state index is 13.7. The van der Waals surface area contributed by atoms with E-state index in [1.165, 1.54) is 0 Å². The standard InChI is InChI=1S/C38H28O6/c1-41-29-21-17-27(18-22-29)37(39)43-35-33(25-11-5-3-6-12-25)31-15-9-10-16-32(31)34(26-13-7-4-8-14-26)36(35)44-38(40)28-19-23-30(42-2)24-20-28/h3-24H,1-2H3. The Labute approximate surface area is 255 Å². The quantitative estimate of drug-likeness (QED) is 0.133. The number of esters is 2. The Morgan fingerprint density at radius 1 is 0.432 bits per heavy atom. The lowest BCUT2D eigenvalue weighted by molar-refractivity contribution is 0.0684. The van der Waals surface area contributed by atoms with Crippen LogP contribution >= 0.6 is 0 Å². The van der Waals surface area contributed by atoms with Crippen molar-refractivity contribution in [2.24, 2.45) is 0 Å². The maximum atomic E-state index is 13.7. The zero-order valence-corrected chi connectivity index (χ0v) is 24.2. The minimum atomic E-state index is -0.610. The molecular weight excluding hydrogens is 552 g/mol. The number of carbonyl (C=O) groups is 2. The SMILES string of the molecule is COc1ccc(C(=O)Oc2c(OC(=O)c3ccc(OC)cc3)c(-c3ccccc3)c3ccccc3c2-c2ccccc2)cc1. The molecule has 0 amide bonds. The van der Waals surface area contributed by atoms with Crippen molar-refractivity contribution in [3.05, 3.63) is 145 Å². The van der Waals surface area contributed by atoms with Crippen molar-refractivity contribution in [1.29, 1.82) is 0 Å². The van der Waals surface area contributed by atoms with Gasteiger partial charge in [0.1, 0.15) is 11.5 Å². The minimum Gasteiger partial charge on any atom is -0.497 e. The molecule has 44 heavy (non-hydrogen) atoms. The molecule has 0 saturated carbocycles. The van der Waals surface area contributed by atoms with Gasteiger partial charge in [-0.3, -0.25) is 0 Å². The molecular formula is C38H28O6. The van der Waals surface area contributed by atoms with E-state index in [0.29, 0.717) is 33.8 Å². The third kappa shape index (κ3) is 5.61. The van der Waals surface area contributed by atoms with Gasteiger partial charge in [-0.05, 0) is 70.4 Å². The predicted molar refractivity (Wildman–Crippen MR) is 171 cm³/mol. The smallest absolute Gasteiger partial charge is 0.343 e. The van der Waals surface area contributed by atoms with Gasteiger partial charge < -0.3 is 18.9 Å². The van der Waals surface area contributed by atoms with Crippen molar-refractivity contribution < 1.29 is 28.5 Å². The molecule has 0 aliphatic rings. The lowest BCUT2D eigenvalue weighted by Crippen LogP contribution is -2.14. The van der Waals surface area contributed by atoms with Gasteiger partial charge in [0.05, 0.1) is 25.3 Å². The lowest BCUT2D eigenvalue weighted by atomic mass is 9.90. The Morgan fingerprint density at radius 2 is 0.773 bits per heavy atom. The van der Waals surface area contributed by atoms with Gasteiger partial charge in [0.15, 0.2) is 11.5 Å². The third-order valence-electron chi connectivity index (χ3n) is 7.29. The lowest BCUT2D eigenvalue weighted by Gasteiger charge is -2.22. The summed E-state index contributed by atoms with van der Waals surface area (Å²) < 4.78 is 23.0. The summed E-state index contributed by atoms with van der Waals surface area (Å²) in [5.74, 6) is 0.269. The van der Waals surface area contributed by atoms with Gasteiger partial charge in [-0.15, -0.1) is 0 Å². The molecule has 0 N–H and O–H groups in total. The summed E-state index contributed by atoms with van der Waals surface area (Å²) in [6.07, 6.45) is 0. The Kier molecular flexibility index (Phi) is 8.06. The Morgan fingerprint density at radius 3 is 1.11 bits per heavy atom. The molecule has 6 heteroatoms. The number of ether oxygens (including phenoxy) is 4. The van der Waals surface area contributed by atoms with Crippen molar-refractivity contribution in [2.45, 2.75) is 0 Å². The van der Waals surface area contributed by atoms with Crippen molar-refractivity contribution in [3.8, 4) is 45.3 Å². The highest BCUT2D eigenvalue weighted by molar-refractivity contribution is 6.12. The van der Waals surface area contributed by atoms with Crippen LogP contribution in [0.1, 0.15) is 20.7 Å². The number of carbonyl (C=O) groups excluding carboxylic acids is 2. The van der Waals surface area contributed by atoms with Crippen LogP contribution in [0, 0.1) is 0 Å². The third-order valence-corrected chi connectivity index (χ3v) is 7.29. The highest BCUT2D eigenvalue weighted by Crippen LogP contribution is 2.51. The van der Waals surface area contributed by atoms with Crippen LogP contribution in [0.4, 0.5) is 0 Å². The Bertz CT molecular complexity index is 1790. The summed E-state index contributed by atoms with van der Waals surface area (Å²) in [5, 5.41) is 1.67. The molecule has 0 aliphatic carbocycles. The van der Waals surface area contributed by atoms with Crippen LogP contribution in [0.2, 0.25) is 0 Å². The van der Waals surface area contributed by atoms with E-state index < -0.39 is 11.9 Å². The van der Waals surface area contributed by atoms with Gasteiger partial charge in [-0.2, -0.15) is 0 Å². The normalized spacial score (nSPS) is 10.7. The van der Waals surface area contributed by atoms with Crippen molar-refractivity contribution in [1.82, 2.24) is 0 Å². The predicted octanol–water partition coefficient (Wildman–Crippen LogP) is 8.63. The second-order valence-corrected chi connectivity index (χ2v) is 9.92. The Balaban J connectivity index is 1.63. The zero-order valence-electron chi connectivity index (χ0n) is 24.2. The summed E-state index contributed by atoms with van der Waals surface area (Å²) in [6.45, 7) is 0. The molecule has 0 unspecified atom stereocenters. The number of methoxy groups -OCH3 is 2. The molecule has 0 aliphatic heterocycles. The summed E-state index contributed by atoms with van der Waals surface area (Å²) in [5.41, 5.74) is 3.46. The first-order valence-electron chi connectivity index (χ1n) is 14.0. The van der Waals surface area contributed by atoms with Crippen molar-refractivity contribution >= 4 is 22.7 Å². The molecule has 0 bridgehead atoms. The van der Waals surface area contributed by atoms with E-state index in [4.69, 9.17) is 18.9 Å². The van der Waals surface area contributed by atoms with Gasteiger partial charge in [-0.25, -0.2) is 9.59 Å². The molecule has 0 fully saturated rings. The van der Waals surface area contributed by atoms with E-state index in [1.807, 2.05) is 84.9 Å². The second kappa shape index (κ2) is 12.5. The molecule has 0 saturated heterocycles. The average molecular weight is 581 g/mol. The average Bonchev–Trinajstić information content (AvgIpc) is 3.09. The van der Waals surface area contributed by atoms with E-state index in [1.54, 1.807) is 62.8 Å². The first-order chi connectivity index (χ1) is 21.6. The van der Waals surface area contributed by atoms with Crippen LogP contribution in [-0.4, -0.2) is 26.2 Å². The summed E-state index contributed by atoms with van der Waals surface area (Å²) in [7, 11) is 3.12. The highest BCUT2D eigenvalue weighted by atomic mass is 16.6. The molecule has 6 rings (SSSR count). The molecule has 0 radical (unpaired) electrons. The fraction of sp³-hybridized carbons (Fsp3) is 0.0526. The minimum absolute atomic E-state index is 0.136. The molecule has 0 spiro atoms. The molecule has 216 valence electrons. The summed E-state index contributed by atoms with van der Waals surface area (Å²) in [4.78, 5) is 27.5. The highest BCUT2D eigenvalue weighted by Gasteiger charge is 2.28. The van der Waals surface area contributed by atoms with Crippen molar-refractivity contribution in [2.75, 3.05) is 14.2 Å². The molecule has 6 aromatic rings. The van der Waals surface area contributed by atoms with E-state index in [0.717, 1.165) is 21.9 Å². The topological polar surface area (TPSA) is 71.1 Å². The molecule has 0 heterocycles. The van der Waals surface area contributed by atoms with Crippen LogP contribution in [0.15, 0.2) is 133 Å². The van der Waals surface area contributed by atoms with Gasteiger partial charge >= 0.3 is 11.9 Å². The van der Waals surface area contributed by atoms with Crippen LogP contribution < -0.4 is 18.9 Å². The van der Waals surface area contributed by atoms with E-state index in [-0.39, 0.29) is 11.5 Å². The number of hydrogen-bond donors (Lipinski definition) is 0. The molecule has 0 aromatic heterocycles. The molecule has 0 atom stereocenters. The molecule has 6 nitrogen and oxygen atoms in total. The zero-order chi connectivity index (χ0) is 30.5. The first-order valence-corrected chi connectivity index (χ1v) is 14.0. The summed E-state index contributed by atoms with van der Waals surface area (Å²) >= 11 is 0. The Hall–Kier alpha value is -5.88. The van der Waals surface area contributed by atoms with E-state index in [9.17, 15) is 9.59 Å². The number of hydrogen-bond acceptors (Lipinski definition) is 6. The fourth-order valence-electron chi connectivity index (χ4n) is 5.13. The number of fused-ring (bicyclic) bond motifs is 1. The van der Waals surface area contributed by atoms with Crippen molar-refractivity contribution in [3.63, 3.8) is 0 Å². The molecule has 6 aromatic carbocycles. The van der Waals surface area contributed by atoms with Crippen LogP contribution in [-0.2, 0) is 0 Å². The number of rotatable bonds is 8. The second-order valence-electron chi connectivity index (χ2n) is 9.92. The monoisotopic (exact) mass is 580 g/mol. The fourth-order valence-corrected chi connectivity index (χ4v) is 5.13. The number of benzene rings is 6.